The zero-order chi connectivity index (χ0) is 9.40. The Morgan fingerprint density at radius 3 is 2.58 bits per heavy atom. The fourth-order valence-corrected chi connectivity index (χ4v) is 1.02. The summed E-state index contributed by atoms with van der Waals surface area (Å²) in [5, 5.41) is 0. The van der Waals surface area contributed by atoms with Crippen molar-refractivity contribution in [3.63, 3.8) is 0 Å². The zero-order valence-electron chi connectivity index (χ0n) is 8.18. The molecule has 12 heavy (non-hydrogen) atoms. The maximum Gasteiger partial charge on any atom is 0.158 e. The van der Waals surface area contributed by atoms with Gasteiger partial charge in [0.15, 0.2) is 5.78 Å². The van der Waals surface area contributed by atoms with Crippen LogP contribution in [0, 0.1) is 12.3 Å². The van der Waals surface area contributed by atoms with Gasteiger partial charge >= 0.3 is 0 Å². The van der Waals surface area contributed by atoms with Crippen LogP contribution >= 0.6 is 0 Å². The van der Waals surface area contributed by atoms with Crippen LogP contribution in [-0.4, -0.2) is 5.78 Å². The van der Waals surface area contributed by atoms with Gasteiger partial charge in [0.25, 0.3) is 0 Å². The standard InChI is InChI=1S/C11H19O/c1-4-11(12)9-7-5-6-8-10(2)3/h4,9-10H,1,5-8H2,2-3H3. The number of hydrogen-bond acceptors (Lipinski definition) is 1. The van der Waals surface area contributed by atoms with Crippen LogP contribution in [0.15, 0.2) is 12.7 Å². The van der Waals surface area contributed by atoms with E-state index in [-0.39, 0.29) is 5.78 Å². The predicted octanol–water partition coefficient (Wildman–Crippen LogP) is 3.16. The van der Waals surface area contributed by atoms with Gasteiger partial charge in [-0.1, -0.05) is 39.7 Å². The second-order valence-corrected chi connectivity index (χ2v) is 3.49. The first-order chi connectivity index (χ1) is 5.66. The number of ketones is 1. The van der Waals surface area contributed by atoms with Crippen LogP contribution in [-0.2, 0) is 4.79 Å². The van der Waals surface area contributed by atoms with Crippen molar-refractivity contribution in [2.24, 2.45) is 5.92 Å². The SMILES string of the molecule is C=CC(=O)[CH]CCCCC(C)C. The first kappa shape index (κ1) is 11.4. The lowest BCUT2D eigenvalue weighted by atomic mass is 10.0. The Balaban J connectivity index is 3.11. The summed E-state index contributed by atoms with van der Waals surface area (Å²) in [6.07, 6.45) is 7.58. The summed E-state index contributed by atoms with van der Waals surface area (Å²) < 4.78 is 0. The van der Waals surface area contributed by atoms with Crippen LogP contribution in [0.3, 0.4) is 0 Å². The topological polar surface area (TPSA) is 17.1 Å². The lowest BCUT2D eigenvalue weighted by Crippen LogP contribution is -1.93. The molecule has 0 atom stereocenters. The van der Waals surface area contributed by atoms with Crippen molar-refractivity contribution in [2.45, 2.75) is 39.5 Å². The first-order valence-electron chi connectivity index (χ1n) is 4.66. The monoisotopic (exact) mass is 167 g/mol. The van der Waals surface area contributed by atoms with Crippen molar-refractivity contribution in [2.75, 3.05) is 0 Å². The molecule has 0 heterocycles. The highest BCUT2D eigenvalue weighted by atomic mass is 16.1. The van der Waals surface area contributed by atoms with E-state index in [2.05, 4.69) is 20.4 Å². The van der Waals surface area contributed by atoms with Crippen LogP contribution in [0.1, 0.15) is 39.5 Å². The highest BCUT2D eigenvalue weighted by Crippen LogP contribution is 2.09. The fraction of sp³-hybridized carbons (Fsp3) is 0.636. The Labute approximate surface area is 75.9 Å². The van der Waals surface area contributed by atoms with Crippen molar-refractivity contribution < 1.29 is 4.79 Å². The van der Waals surface area contributed by atoms with Gasteiger partial charge in [-0.05, 0) is 18.4 Å². The molecule has 0 unspecified atom stereocenters. The number of unbranched alkanes of at least 4 members (excludes halogenated alkanes) is 2. The van der Waals surface area contributed by atoms with E-state index in [4.69, 9.17) is 0 Å². The first-order valence-corrected chi connectivity index (χ1v) is 4.66. The van der Waals surface area contributed by atoms with E-state index in [9.17, 15) is 4.79 Å². The smallest absolute Gasteiger partial charge is 0.158 e. The van der Waals surface area contributed by atoms with E-state index in [1.807, 2.05) is 0 Å². The molecule has 0 aliphatic carbocycles. The van der Waals surface area contributed by atoms with Crippen LogP contribution in [0.5, 0.6) is 0 Å². The molecule has 0 N–H and O–H groups in total. The van der Waals surface area contributed by atoms with E-state index < -0.39 is 0 Å². The minimum absolute atomic E-state index is 0.0551. The molecule has 0 bridgehead atoms. The summed E-state index contributed by atoms with van der Waals surface area (Å²) >= 11 is 0. The van der Waals surface area contributed by atoms with Gasteiger partial charge < -0.3 is 0 Å². The maximum absolute atomic E-state index is 10.7. The van der Waals surface area contributed by atoms with Crippen molar-refractivity contribution in [3.8, 4) is 0 Å². The fourth-order valence-electron chi connectivity index (χ4n) is 1.02. The van der Waals surface area contributed by atoms with Crippen LogP contribution in [0.25, 0.3) is 0 Å². The molecule has 69 valence electrons. The van der Waals surface area contributed by atoms with Gasteiger partial charge in [-0.3, -0.25) is 4.79 Å². The van der Waals surface area contributed by atoms with E-state index in [1.54, 1.807) is 6.42 Å². The Hall–Kier alpha value is -0.590. The van der Waals surface area contributed by atoms with E-state index >= 15 is 0 Å². The van der Waals surface area contributed by atoms with Crippen LogP contribution < -0.4 is 0 Å². The Bertz CT molecular complexity index is 136. The molecule has 0 aliphatic rings. The molecule has 0 fully saturated rings. The minimum atomic E-state index is 0.0551. The molecule has 0 saturated carbocycles. The molecule has 0 aromatic heterocycles. The van der Waals surface area contributed by atoms with Crippen molar-refractivity contribution in [1.29, 1.82) is 0 Å². The molecule has 0 amide bonds. The molecule has 0 saturated heterocycles. The zero-order valence-corrected chi connectivity index (χ0v) is 8.18. The molecule has 0 aromatic rings. The van der Waals surface area contributed by atoms with Gasteiger partial charge in [0.05, 0.1) is 0 Å². The molecule has 1 radical (unpaired) electrons. The lowest BCUT2D eigenvalue weighted by molar-refractivity contribution is -0.111. The third-order valence-electron chi connectivity index (χ3n) is 1.78. The second kappa shape index (κ2) is 7.08. The maximum atomic E-state index is 10.7. The normalized spacial score (nSPS) is 10.2. The number of allylic oxidation sites excluding steroid dienone is 1. The number of hydrogen-bond donors (Lipinski definition) is 0. The molecule has 0 aromatic carbocycles. The summed E-state index contributed by atoms with van der Waals surface area (Å²) in [6.45, 7) is 7.85. The van der Waals surface area contributed by atoms with Crippen molar-refractivity contribution in [1.82, 2.24) is 0 Å². The highest BCUT2D eigenvalue weighted by Gasteiger charge is 1.97. The number of carbonyl (C=O) groups excluding carboxylic acids is 1. The highest BCUT2D eigenvalue weighted by molar-refractivity contribution is 5.96. The quantitative estimate of drug-likeness (QED) is 0.420. The molecule has 1 heteroatoms. The van der Waals surface area contributed by atoms with Gasteiger partial charge in [0.2, 0.25) is 0 Å². The van der Waals surface area contributed by atoms with E-state index in [0.29, 0.717) is 0 Å². The Morgan fingerprint density at radius 2 is 2.08 bits per heavy atom. The third-order valence-corrected chi connectivity index (χ3v) is 1.78. The lowest BCUT2D eigenvalue weighted by Gasteiger charge is -2.02. The Morgan fingerprint density at radius 1 is 1.42 bits per heavy atom. The average molecular weight is 167 g/mol. The predicted molar refractivity (Wildman–Crippen MR) is 52.8 cm³/mol. The molecule has 1 nitrogen and oxygen atoms in total. The minimum Gasteiger partial charge on any atom is -0.295 e. The largest absolute Gasteiger partial charge is 0.295 e. The van der Waals surface area contributed by atoms with Crippen LogP contribution in [0.4, 0.5) is 0 Å². The summed E-state index contributed by atoms with van der Waals surface area (Å²) in [4.78, 5) is 10.7. The molecule has 0 rings (SSSR count). The van der Waals surface area contributed by atoms with Gasteiger partial charge in [0, 0.05) is 6.42 Å². The van der Waals surface area contributed by atoms with E-state index in [1.165, 1.54) is 18.9 Å². The van der Waals surface area contributed by atoms with Gasteiger partial charge in [-0.2, -0.15) is 0 Å². The molecular formula is C11H19O. The average Bonchev–Trinajstić information content (AvgIpc) is 2.03. The summed E-state index contributed by atoms with van der Waals surface area (Å²) in [5.41, 5.74) is 0. The van der Waals surface area contributed by atoms with Gasteiger partial charge in [-0.25, -0.2) is 0 Å². The summed E-state index contributed by atoms with van der Waals surface area (Å²) in [6, 6.07) is 0. The van der Waals surface area contributed by atoms with Crippen molar-refractivity contribution in [3.05, 3.63) is 19.1 Å². The van der Waals surface area contributed by atoms with Gasteiger partial charge in [0.1, 0.15) is 0 Å². The number of rotatable bonds is 7. The number of carbonyl (C=O) groups is 1. The van der Waals surface area contributed by atoms with Crippen LogP contribution in [0.2, 0.25) is 0 Å². The van der Waals surface area contributed by atoms with Gasteiger partial charge in [-0.15, -0.1) is 0 Å². The second-order valence-electron chi connectivity index (χ2n) is 3.49. The van der Waals surface area contributed by atoms with Crippen molar-refractivity contribution >= 4 is 5.78 Å². The summed E-state index contributed by atoms with van der Waals surface area (Å²) in [5.74, 6) is 0.833. The third kappa shape index (κ3) is 7.52. The molecule has 0 aliphatic heterocycles. The van der Waals surface area contributed by atoms with E-state index in [0.717, 1.165) is 18.8 Å². The molecule has 0 spiro atoms. The molecular weight excluding hydrogens is 148 g/mol. The summed E-state index contributed by atoms with van der Waals surface area (Å²) in [7, 11) is 0. The Kier molecular flexibility index (Phi) is 6.73.